The Hall–Kier alpha value is -4.23. The maximum Gasteiger partial charge on any atom is 0.326 e. The fraction of sp³-hybridized carbons (Fsp3) is 0.216. The van der Waals surface area contributed by atoms with E-state index in [2.05, 4.69) is 59.2 Å². The predicted octanol–water partition coefficient (Wildman–Crippen LogP) is 9.02. The van der Waals surface area contributed by atoms with Gasteiger partial charge in [0.1, 0.15) is 11.1 Å². The second-order valence-corrected chi connectivity index (χ2v) is 15.3. The van der Waals surface area contributed by atoms with E-state index in [1.54, 1.807) is 11.8 Å². The van der Waals surface area contributed by atoms with E-state index < -0.39 is 5.25 Å². The molecule has 9 heteroatoms. The van der Waals surface area contributed by atoms with Crippen molar-refractivity contribution in [3.63, 3.8) is 0 Å². The zero-order valence-electron chi connectivity index (χ0n) is 25.2. The number of anilines is 3. The maximum atomic E-state index is 13.7. The molecule has 3 aliphatic rings. The van der Waals surface area contributed by atoms with Crippen LogP contribution in [0.1, 0.15) is 40.8 Å². The van der Waals surface area contributed by atoms with Gasteiger partial charge >= 0.3 is 6.03 Å². The molecule has 230 valence electrons. The number of thioether (sulfide) groups is 2. The molecule has 6 nitrogen and oxygen atoms in total. The van der Waals surface area contributed by atoms with Gasteiger partial charge in [0.05, 0.1) is 27.8 Å². The van der Waals surface area contributed by atoms with Gasteiger partial charge < -0.3 is 10.6 Å². The third kappa shape index (κ3) is 6.13. The Kier molecular flexibility index (Phi) is 8.76. The Bertz CT molecular complexity index is 1890. The first-order valence-electron chi connectivity index (χ1n) is 15.4. The molecule has 0 saturated heterocycles. The van der Waals surface area contributed by atoms with E-state index in [-0.39, 0.29) is 23.2 Å². The van der Waals surface area contributed by atoms with Crippen LogP contribution < -0.4 is 15.5 Å². The highest BCUT2D eigenvalue weighted by atomic mass is 32.2. The lowest BCUT2D eigenvalue weighted by Crippen LogP contribution is -2.49. The van der Waals surface area contributed by atoms with E-state index in [0.717, 1.165) is 40.3 Å². The molecule has 1 aromatic heterocycles. The first-order chi connectivity index (χ1) is 22.5. The summed E-state index contributed by atoms with van der Waals surface area (Å²) in [7, 11) is 0. The monoisotopic (exact) mass is 660 g/mol. The number of thiophene rings is 1. The first-order valence-corrected chi connectivity index (χ1v) is 17.9. The van der Waals surface area contributed by atoms with Crippen molar-refractivity contribution in [2.75, 3.05) is 15.5 Å². The van der Waals surface area contributed by atoms with Crippen molar-refractivity contribution in [3.8, 4) is 6.07 Å². The molecule has 4 aromatic rings. The molecule has 46 heavy (non-hydrogen) atoms. The highest BCUT2D eigenvalue weighted by molar-refractivity contribution is 8.00. The first kappa shape index (κ1) is 30.4. The average Bonchev–Trinajstić information content (AvgIpc) is 3.43. The summed E-state index contributed by atoms with van der Waals surface area (Å²) in [6.45, 7) is 1.86. The van der Waals surface area contributed by atoms with Crippen LogP contribution in [0.3, 0.4) is 0 Å². The van der Waals surface area contributed by atoms with Gasteiger partial charge in [-0.25, -0.2) is 4.79 Å². The average molecular weight is 661 g/mol. The van der Waals surface area contributed by atoms with Gasteiger partial charge in [0.2, 0.25) is 5.91 Å². The Morgan fingerprint density at radius 3 is 2.65 bits per heavy atom. The Labute approximate surface area is 281 Å². The lowest BCUT2D eigenvalue weighted by molar-refractivity contribution is -0.115. The Morgan fingerprint density at radius 2 is 1.80 bits per heavy atom. The van der Waals surface area contributed by atoms with E-state index in [1.165, 1.54) is 33.5 Å². The molecule has 0 saturated carbocycles. The Morgan fingerprint density at radius 1 is 1.00 bits per heavy atom. The molecule has 2 aliphatic carbocycles. The second-order valence-electron chi connectivity index (χ2n) is 11.6. The SMILES string of the molecule is CC(Sc1cccc(NC(=O)N2c3ccccc3SC3C=CC=CC32)c1)C(=O)Nc1sc2c(c1C#N)CCC(c1ccccc1)C2. The molecule has 2 heterocycles. The molecule has 4 unspecified atom stereocenters. The predicted molar refractivity (Wildman–Crippen MR) is 190 cm³/mol. The van der Waals surface area contributed by atoms with E-state index in [1.807, 2.05) is 72.5 Å². The molecular weight excluding hydrogens is 629 g/mol. The quantitative estimate of drug-likeness (QED) is 0.202. The number of para-hydroxylation sites is 1. The van der Waals surface area contributed by atoms with Gasteiger partial charge in [-0.2, -0.15) is 5.26 Å². The minimum Gasteiger partial charge on any atom is -0.316 e. The topological polar surface area (TPSA) is 85.2 Å². The van der Waals surface area contributed by atoms with Crippen LogP contribution in [0.2, 0.25) is 0 Å². The number of amides is 3. The number of carbonyl (C=O) groups excluding carboxylic acids is 2. The number of benzene rings is 3. The highest BCUT2D eigenvalue weighted by Gasteiger charge is 2.36. The maximum absolute atomic E-state index is 13.7. The summed E-state index contributed by atoms with van der Waals surface area (Å²) in [5.41, 5.74) is 4.56. The molecule has 3 aromatic carbocycles. The van der Waals surface area contributed by atoms with Crippen molar-refractivity contribution in [1.29, 1.82) is 5.26 Å². The fourth-order valence-corrected chi connectivity index (χ4v) is 9.79. The summed E-state index contributed by atoms with van der Waals surface area (Å²) >= 11 is 4.73. The number of allylic oxidation sites excluding steroid dienone is 2. The summed E-state index contributed by atoms with van der Waals surface area (Å²) in [6, 6.07) is 28.2. The molecular formula is C37H32N4O2S3. The van der Waals surface area contributed by atoms with Gasteiger partial charge in [-0.05, 0) is 73.6 Å². The number of rotatable bonds is 6. The van der Waals surface area contributed by atoms with Crippen LogP contribution >= 0.6 is 34.9 Å². The van der Waals surface area contributed by atoms with Crippen LogP contribution in [0.25, 0.3) is 0 Å². The van der Waals surface area contributed by atoms with Crippen molar-refractivity contribution >= 4 is 63.2 Å². The van der Waals surface area contributed by atoms with Gasteiger partial charge in [-0.1, -0.05) is 72.8 Å². The van der Waals surface area contributed by atoms with Gasteiger partial charge in [0.25, 0.3) is 0 Å². The molecule has 0 bridgehead atoms. The molecule has 0 fully saturated rings. The van der Waals surface area contributed by atoms with Crippen LogP contribution in [0, 0.1) is 11.3 Å². The van der Waals surface area contributed by atoms with Crippen LogP contribution in [0.15, 0.2) is 113 Å². The normalized spacial score (nSPS) is 20.1. The highest BCUT2D eigenvalue weighted by Crippen LogP contribution is 2.44. The summed E-state index contributed by atoms with van der Waals surface area (Å²) in [5.74, 6) is 0.269. The number of fused-ring (bicyclic) bond motifs is 3. The number of nitriles is 1. The standard InChI is InChI=1S/C37H32N4O2S3/c1-23(35(42)40-36-29(22-38)28-19-18-25(20-34(28)46-36)24-10-3-2-4-11-24)44-27-13-9-12-26(21-27)39-37(43)41-30-14-5-7-16-32(30)45-33-17-8-6-15-31(33)41/h2-17,21,23,25,30,32H,18-20H2,1H3,(H,39,43)(H,40,42). The lowest BCUT2D eigenvalue weighted by atomic mass is 9.83. The van der Waals surface area contributed by atoms with Crippen LogP contribution in [0.5, 0.6) is 0 Å². The van der Waals surface area contributed by atoms with Gasteiger partial charge in [0, 0.05) is 20.4 Å². The van der Waals surface area contributed by atoms with Crippen LogP contribution in [0.4, 0.5) is 21.2 Å². The summed E-state index contributed by atoms with van der Waals surface area (Å²) in [5, 5.41) is 16.5. The lowest BCUT2D eigenvalue weighted by Gasteiger charge is -2.40. The third-order valence-electron chi connectivity index (χ3n) is 8.61. The largest absolute Gasteiger partial charge is 0.326 e. The summed E-state index contributed by atoms with van der Waals surface area (Å²) < 4.78 is 0. The Balaban J connectivity index is 1.02. The van der Waals surface area contributed by atoms with E-state index in [0.29, 0.717) is 22.2 Å². The molecule has 2 N–H and O–H groups in total. The number of urea groups is 1. The van der Waals surface area contributed by atoms with Crippen molar-refractivity contribution in [2.24, 2.45) is 0 Å². The second kappa shape index (κ2) is 13.2. The zero-order chi connectivity index (χ0) is 31.6. The third-order valence-corrected chi connectivity index (χ3v) is 12.2. The zero-order valence-corrected chi connectivity index (χ0v) is 27.6. The van der Waals surface area contributed by atoms with Gasteiger partial charge in [-0.3, -0.25) is 9.69 Å². The van der Waals surface area contributed by atoms with Crippen molar-refractivity contribution in [2.45, 2.75) is 58.4 Å². The molecule has 0 radical (unpaired) electrons. The smallest absolute Gasteiger partial charge is 0.316 e. The minimum absolute atomic E-state index is 0.0865. The van der Waals surface area contributed by atoms with E-state index in [4.69, 9.17) is 0 Å². The van der Waals surface area contributed by atoms with Crippen molar-refractivity contribution in [3.05, 3.63) is 125 Å². The van der Waals surface area contributed by atoms with E-state index in [9.17, 15) is 14.9 Å². The van der Waals surface area contributed by atoms with E-state index >= 15 is 0 Å². The summed E-state index contributed by atoms with van der Waals surface area (Å²) in [4.78, 5) is 32.1. The number of carbonyl (C=O) groups is 2. The van der Waals surface area contributed by atoms with Crippen molar-refractivity contribution < 1.29 is 9.59 Å². The van der Waals surface area contributed by atoms with Gasteiger partial charge in [-0.15, -0.1) is 34.9 Å². The van der Waals surface area contributed by atoms with Crippen LogP contribution in [-0.2, 0) is 17.6 Å². The van der Waals surface area contributed by atoms with Crippen molar-refractivity contribution in [1.82, 2.24) is 0 Å². The molecule has 7 rings (SSSR count). The number of nitrogens with one attached hydrogen (secondary N) is 2. The number of hydrogen-bond donors (Lipinski definition) is 2. The molecule has 3 amide bonds. The number of hydrogen-bond acceptors (Lipinski definition) is 6. The number of nitrogens with zero attached hydrogens (tertiary/aromatic N) is 2. The minimum atomic E-state index is -0.417. The molecule has 1 aliphatic heterocycles. The van der Waals surface area contributed by atoms with Crippen LogP contribution in [-0.4, -0.2) is 28.5 Å². The molecule has 0 spiro atoms. The summed E-state index contributed by atoms with van der Waals surface area (Å²) in [6.07, 6.45) is 11.0. The molecule has 4 atom stereocenters. The fourth-order valence-electron chi connectivity index (χ4n) is 6.33. The van der Waals surface area contributed by atoms with Gasteiger partial charge in [0.15, 0.2) is 0 Å².